The van der Waals surface area contributed by atoms with Crippen LogP contribution in [-0.2, 0) is 12.8 Å². The molecule has 22 heavy (non-hydrogen) atoms. The molecule has 0 amide bonds. The van der Waals surface area contributed by atoms with Crippen molar-refractivity contribution in [2.45, 2.75) is 38.8 Å². The number of aryl methyl sites for hydroxylation is 1. The number of aromatic nitrogens is 1. The van der Waals surface area contributed by atoms with Crippen LogP contribution < -0.4 is 0 Å². The van der Waals surface area contributed by atoms with Crippen molar-refractivity contribution in [3.8, 4) is 0 Å². The summed E-state index contributed by atoms with van der Waals surface area (Å²) in [6, 6.07) is 4.04. The van der Waals surface area contributed by atoms with E-state index in [9.17, 15) is 13.6 Å². The van der Waals surface area contributed by atoms with Gasteiger partial charge in [-0.3, -0.25) is 0 Å². The number of carboxylic acids is 1. The predicted octanol–water partition coefficient (Wildman–Crippen LogP) is 3.93. The number of fused-ring (bicyclic) bond motifs is 2. The monoisotopic (exact) mass is 305 g/mol. The summed E-state index contributed by atoms with van der Waals surface area (Å²) in [7, 11) is 0. The van der Waals surface area contributed by atoms with Crippen molar-refractivity contribution in [3.05, 3.63) is 40.8 Å². The highest BCUT2D eigenvalue weighted by Gasteiger charge is 2.38. The molecule has 0 aliphatic heterocycles. The van der Waals surface area contributed by atoms with Crippen LogP contribution in [0.15, 0.2) is 18.2 Å². The molecule has 116 valence electrons. The van der Waals surface area contributed by atoms with Gasteiger partial charge in [-0.05, 0) is 42.5 Å². The molecule has 1 atom stereocenters. The first-order chi connectivity index (χ1) is 10.3. The second-order valence-corrected chi connectivity index (χ2v) is 6.30. The van der Waals surface area contributed by atoms with Gasteiger partial charge >= 0.3 is 5.97 Å². The van der Waals surface area contributed by atoms with Gasteiger partial charge in [-0.25, -0.2) is 18.6 Å². The zero-order valence-corrected chi connectivity index (χ0v) is 12.5. The Morgan fingerprint density at radius 1 is 1.36 bits per heavy atom. The molecule has 1 aromatic carbocycles. The molecule has 3 rings (SSSR count). The van der Waals surface area contributed by atoms with Gasteiger partial charge in [0.15, 0.2) is 0 Å². The number of aromatic carboxylic acids is 1. The number of alkyl halides is 1. The summed E-state index contributed by atoms with van der Waals surface area (Å²) in [5.74, 6) is -1.96. The van der Waals surface area contributed by atoms with Crippen molar-refractivity contribution >= 4 is 16.9 Å². The minimum atomic E-state index is -1.29. The number of benzene rings is 1. The van der Waals surface area contributed by atoms with E-state index in [1.165, 1.54) is 6.07 Å². The molecule has 1 aliphatic carbocycles. The molecule has 0 fully saturated rings. The third kappa shape index (κ3) is 2.34. The van der Waals surface area contributed by atoms with Crippen LogP contribution >= 0.6 is 0 Å². The molecule has 0 radical (unpaired) electrons. The third-order valence-electron chi connectivity index (χ3n) is 4.58. The first-order valence-corrected chi connectivity index (χ1v) is 7.34. The van der Waals surface area contributed by atoms with Gasteiger partial charge in [-0.15, -0.1) is 0 Å². The van der Waals surface area contributed by atoms with E-state index in [2.05, 4.69) is 4.98 Å². The van der Waals surface area contributed by atoms with Gasteiger partial charge in [0.05, 0.1) is 5.56 Å². The minimum Gasteiger partial charge on any atom is -0.478 e. The number of carboxylic acid groups (broad SMARTS) is 1. The van der Waals surface area contributed by atoms with E-state index < -0.39 is 17.5 Å². The van der Waals surface area contributed by atoms with Crippen LogP contribution in [-0.4, -0.2) is 21.7 Å². The Kier molecular flexibility index (Phi) is 3.38. The fraction of sp³-hybridized carbons (Fsp3) is 0.412. The summed E-state index contributed by atoms with van der Waals surface area (Å²) in [4.78, 5) is 15.3. The normalized spacial score (nSPS) is 21.1. The lowest BCUT2D eigenvalue weighted by Gasteiger charge is -2.34. The maximum atomic E-state index is 14.9. The van der Waals surface area contributed by atoms with Crippen molar-refractivity contribution in [2.75, 3.05) is 0 Å². The maximum absolute atomic E-state index is 14.9. The molecule has 0 spiro atoms. The van der Waals surface area contributed by atoms with E-state index in [1.807, 2.05) is 13.8 Å². The zero-order chi connectivity index (χ0) is 16.1. The molecular formula is C17H17F2NO2. The first-order valence-electron chi connectivity index (χ1n) is 7.34. The van der Waals surface area contributed by atoms with Crippen molar-refractivity contribution < 1.29 is 18.7 Å². The highest BCUT2D eigenvalue weighted by molar-refractivity contribution is 5.93. The smallest absolute Gasteiger partial charge is 0.335 e. The summed E-state index contributed by atoms with van der Waals surface area (Å²) in [6.07, 6.45) is 1.09. The van der Waals surface area contributed by atoms with E-state index in [4.69, 9.17) is 5.11 Å². The second kappa shape index (κ2) is 5.00. The summed E-state index contributed by atoms with van der Waals surface area (Å²) in [6.45, 7) is 3.70. The number of hydrogen-bond donors (Lipinski definition) is 1. The molecule has 1 aliphatic rings. The lowest BCUT2D eigenvalue weighted by Crippen LogP contribution is -2.36. The van der Waals surface area contributed by atoms with Crippen LogP contribution in [0.5, 0.6) is 0 Å². The molecular weight excluding hydrogens is 288 g/mol. The van der Waals surface area contributed by atoms with E-state index >= 15 is 0 Å². The fourth-order valence-electron chi connectivity index (χ4n) is 3.04. The SMILES string of the molecule is CC(C)C1(F)CCc2nc3c(F)cc(C(=O)O)cc3cc2C1. The molecule has 1 heterocycles. The number of carbonyl (C=O) groups is 1. The first kappa shape index (κ1) is 14.9. The Labute approximate surface area is 127 Å². The highest BCUT2D eigenvalue weighted by Crippen LogP contribution is 2.37. The van der Waals surface area contributed by atoms with Gasteiger partial charge in [0.1, 0.15) is 17.0 Å². The molecule has 5 heteroatoms. The van der Waals surface area contributed by atoms with Crippen LogP contribution in [0, 0.1) is 11.7 Å². The molecule has 2 aromatic rings. The van der Waals surface area contributed by atoms with Gasteiger partial charge in [0, 0.05) is 17.5 Å². The number of pyridine rings is 1. The van der Waals surface area contributed by atoms with E-state index in [1.54, 1.807) is 6.07 Å². The van der Waals surface area contributed by atoms with Crippen LogP contribution in [0.2, 0.25) is 0 Å². The lowest BCUT2D eigenvalue weighted by atomic mass is 9.77. The Balaban J connectivity index is 2.15. The van der Waals surface area contributed by atoms with Gasteiger partial charge in [0.2, 0.25) is 0 Å². The summed E-state index contributed by atoms with van der Waals surface area (Å²) >= 11 is 0. The van der Waals surface area contributed by atoms with E-state index in [0.29, 0.717) is 23.9 Å². The lowest BCUT2D eigenvalue weighted by molar-refractivity contribution is 0.0696. The molecule has 1 aromatic heterocycles. The van der Waals surface area contributed by atoms with Crippen molar-refractivity contribution in [1.29, 1.82) is 0 Å². The zero-order valence-electron chi connectivity index (χ0n) is 12.5. The van der Waals surface area contributed by atoms with Gasteiger partial charge in [-0.2, -0.15) is 0 Å². The average Bonchev–Trinajstić information content (AvgIpc) is 2.45. The van der Waals surface area contributed by atoms with Gasteiger partial charge < -0.3 is 5.11 Å². The second-order valence-electron chi connectivity index (χ2n) is 6.30. The van der Waals surface area contributed by atoms with Crippen LogP contribution in [0.3, 0.4) is 0 Å². The molecule has 1 unspecified atom stereocenters. The molecule has 0 saturated heterocycles. The number of rotatable bonds is 2. The average molecular weight is 305 g/mol. The standard InChI is InChI=1S/C17H17F2NO2/c1-9(2)17(19)4-3-14-12(8-17)6-10-5-11(16(21)22)7-13(18)15(10)20-14/h5-7,9H,3-4,8H2,1-2H3,(H,21,22). The Hall–Kier alpha value is -2.04. The molecule has 3 nitrogen and oxygen atoms in total. The molecule has 1 N–H and O–H groups in total. The Bertz CT molecular complexity index is 773. The third-order valence-corrected chi connectivity index (χ3v) is 4.58. The topological polar surface area (TPSA) is 50.2 Å². The number of nitrogens with zero attached hydrogens (tertiary/aromatic N) is 1. The Morgan fingerprint density at radius 3 is 2.73 bits per heavy atom. The Morgan fingerprint density at radius 2 is 2.09 bits per heavy atom. The highest BCUT2D eigenvalue weighted by atomic mass is 19.1. The van der Waals surface area contributed by atoms with Crippen LogP contribution in [0.1, 0.15) is 41.9 Å². The van der Waals surface area contributed by atoms with E-state index in [-0.39, 0.29) is 23.4 Å². The molecule has 0 bridgehead atoms. The van der Waals surface area contributed by atoms with Crippen molar-refractivity contribution in [2.24, 2.45) is 5.92 Å². The van der Waals surface area contributed by atoms with Gasteiger partial charge in [0.25, 0.3) is 0 Å². The fourth-order valence-corrected chi connectivity index (χ4v) is 3.04. The summed E-state index contributed by atoms with van der Waals surface area (Å²) < 4.78 is 28.9. The van der Waals surface area contributed by atoms with Crippen LogP contribution in [0.25, 0.3) is 10.9 Å². The largest absolute Gasteiger partial charge is 0.478 e. The summed E-state index contributed by atoms with van der Waals surface area (Å²) in [5.41, 5.74) is 0.198. The minimum absolute atomic E-state index is 0.113. The predicted molar refractivity (Wildman–Crippen MR) is 79.4 cm³/mol. The summed E-state index contributed by atoms with van der Waals surface area (Å²) in [5, 5.41) is 9.42. The van der Waals surface area contributed by atoms with Crippen molar-refractivity contribution in [3.63, 3.8) is 0 Å². The van der Waals surface area contributed by atoms with Crippen LogP contribution in [0.4, 0.5) is 8.78 Å². The molecule has 0 saturated carbocycles. The van der Waals surface area contributed by atoms with E-state index in [0.717, 1.165) is 11.6 Å². The maximum Gasteiger partial charge on any atom is 0.335 e. The quantitative estimate of drug-likeness (QED) is 0.914. The number of halogens is 2. The van der Waals surface area contributed by atoms with Crippen molar-refractivity contribution in [1.82, 2.24) is 4.98 Å². The van der Waals surface area contributed by atoms with Gasteiger partial charge in [-0.1, -0.05) is 13.8 Å². The number of hydrogen-bond acceptors (Lipinski definition) is 2.